The summed E-state index contributed by atoms with van der Waals surface area (Å²) in [6, 6.07) is 0. The fraction of sp³-hybridized carbons (Fsp3) is 0.786. The van der Waals surface area contributed by atoms with Crippen molar-refractivity contribution in [1.29, 1.82) is 0 Å². The van der Waals surface area contributed by atoms with Gasteiger partial charge in [0.25, 0.3) is 0 Å². The summed E-state index contributed by atoms with van der Waals surface area (Å²) in [7, 11) is 4.29. The molecule has 0 aliphatic heterocycles. The topological polar surface area (TPSA) is 6.25 Å². The van der Waals surface area contributed by atoms with E-state index in [0.29, 0.717) is 0 Å². The van der Waals surface area contributed by atoms with E-state index in [1.165, 1.54) is 19.4 Å². The first-order valence-electron chi connectivity index (χ1n) is 6.29. The van der Waals surface area contributed by atoms with Crippen molar-refractivity contribution in [1.82, 2.24) is 4.90 Å². The van der Waals surface area contributed by atoms with Gasteiger partial charge in [-0.1, -0.05) is 19.4 Å². The molecular weight excluding hydrogens is 196 g/mol. The molecule has 0 unspecified atom stereocenters. The lowest BCUT2D eigenvalue weighted by Crippen LogP contribution is -2.30. The van der Waals surface area contributed by atoms with E-state index in [4.69, 9.17) is 0 Å². The minimum atomic E-state index is 0.207. The van der Waals surface area contributed by atoms with Crippen LogP contribution < -0.4 is 0 Å². The van der Waals surface area contributed by atoms with Gasteiger partial charge in [-0.3, -0.25) is 0 Å². The van der Waals surface area contributed by atoms with E-state index >= 15 is 0 Å². The first-order valence-corrected chi connectivity index (χ1v) is 6.29. The number of allylic oxidation sites excluding steroid dienone is 1. The zero-order chi connectivity index (χ0) is 12.6. The normalized spacial score (nSPS) is 14.1. The van der Waals surface area contributed by atoms with Crippen LogP contribution >= 0.6 is 0 Å². The highest BCUT2D eigenvalue weighted by Crippen LogP contribution is 2.03. The molecule has 0 spiro atoms. The third-order valence-corrected chi connectivity index (χ3v) is 2.81. The lowest BCUT2D eigenvalue weighted by molar-refractivity contribution is -0.565. The van der Waals surface area contributed by atoms with Crippen LogP contribution in [0.2, 0.25) is 0 Å². The van der Waals surface area contributed by atoms with Gasteiger partial charge in [0.1, 0.15) is 7.05 Å². The Bertz CT molecular complexity index is 234. The number of rotatable bonds is 6. The Morgan fingerprint density at radius 2 is 1.88 bits per heavy atom. The van der Waals surface area contributed by atoms with Crippen LogP contribution in [0.1, 0.15) is 40.5 Å². The minimum Gasteiger partial charge on any atom is -0.303 e. The van der Waals surface area contributed by atoms with Gasteiger partial charge in [0.2, 0.25) is 0 Å². The lowest BCUT2D eigenvalue weighted by atomic mass is 10.1. The second kappa shape index (κ2) is 7.61. The predicted molar refractivity (Wildman–Crippen MR) is 73.5 cm³/mol. The van der Waals surface area contributed by atoms with E-state index in [9.17, 15) is 0 Å². The summed E-state index contributed by atoms with van der Waals surface area (Å²) >= 11 is 0. The SMILES string of the molecule is CCCCN(C)CC=CC=[N+](C)C(C)(C)C. The zero-order valence-corrected chi connectivity index (χ0v) is 12.0. The summed E-state index contributed by atoms with van der Waals surface area (Å²) < 4.78 is 2.23. The summed E-state index contributed by atoms with van der Waals surface area (Å²) in [4.78, 5) is 2.35. The maximum absolute atomic E-state index is 2.35. The Morgan fingerprint density at radius 3 is 2.38 bits per heavy atom. The maximum Gasteiger partial charge on any atom is 0.163 e. The van der Waals surface area contributed by atoms with Crippen molar-refractivity contribution in [3.8, 4) is 0 Å². The van der Waals surface area contributed by atoms with Gasteiger partial charge in [-0.25, -0.2) is 4.58 Å². The van der Waals surface area contributed by atoms with E-state index < -0.39 is 0 Å². The monoisotopic (exact) mass is 225 g/mol. The van der Waals surface area contributed by atoms with Crippen molar-refractivity contribution in [2.75, 3.05) is 27.2 Å². The second-order valence-electron chi connectivity index (χ2n) is 5.47. The standard InChI is InChI=1S/C14H29N2/c1-7-8-11-15(5)12-9-10-13-16(6)14(2,3)4/h9-10,13H,7-8,11-12H2,1-6H3/q+1. The molecule has 0 aromatic rings. The molecule has 0 saturated carbocycles. The molecule has 0 atom stereocenters. The van der Waals surface area contributed by atoms with Crippen LogP contribution in [0, 0.1) is 0 Å². The average molecular weight is 225 g/mol. The third-order valence-electron chi connectivity index (χ3n) is 2.81. The molecule has 0 radical (unpaired) electrons. The molecule has 2 nitrogen and oxygen atoms in total. The quantitative estimate of drug-likeness (QED) is 0.498. The number of hydrogen-bond acceptors (Lipinski definition) is 1. The molecule has 0 aliphatic carbocycles. The summed E-state index contributed by atoms with van der Waals surface area (Å²) in [5.74, 6) is 0. The van der Waals surface area contributed by atoms with Crippen molar-refractivity contribution in [2.45, 2.75) is 46.1 Å². The molecule has 0 aliphatic rings. The fourth-order valence-electron chi connectivity index (χ4n) is 1.17. The molecule has 2 heteroatoms. The van der Waals surface area contributed by atoms with Crippen molar-refractivity contribution in [2.24, 2.45) is 0 Å². The van der Waals surface area contributed by atoms with Crippen LogP contribution in [-0.2, 0) is 0 Å². The lowest BCUT2D eigenvalue weighted by Gasteiger charge is -2.13. The van der Waals surface area contributed by atoms with Crippen LogP contribution in [-0.4, -0.2) is 48.4 Å². The number of unbranched alkanes of at least 4 members (excludes halogenated alkanes) is 1. The molecule has 0 heterocycles. The molecule has 0 saturated heterocycles. The molecule has 0 N–H and O–H groups in total. The Hall–Kier alpha value is -0.630. The highest BCUT2D eigenvalue weighted by Gasteiger charge is 2.17. The van der Waals surface area contributed by atoms with E-state index in [1.807, 2.05) is 0 Å². The van der Waals surface area contributed by atoms with E-state index in [0.717, 1.165) is 6.54 Å². The van der Waals surface area contributed by atoms with Crippen LogP contribution in [0.3, 0.4) is 0 Å². The number of nitrogens with zero attached hydrogens (tertiary/aromatic N) is 2. The number of likely N-dealkylation sites (N-methyl/N-ethyl adjacent to an activating group) is 1. The van der Waals surface area contributed by atoms with Gasteiger partial charge in [-0.15, -0.1) is 0 Å². The summed E-state index contributed by atoms with van der Waals surface area (Å²) in [6.45, 7) is 11.1. The summed E-state index contributed by atoms with van der Waals surface area (Å²) in [6.07, 6.45) is 9.07. The van der Waals surface area contributed by atoms with E-state index in [-0.39, 0.29) is 5.54 Å². The molecular formula is C14H29N2+. The van der Waals surface area contributed by atoms with E-state index in [2.05, 4.69) is 69.6 Å². The summed E-state index contributed by atoms with van der Waals surface area (Å²) in [5, 5.41) is 0. The minimum absolute atomic E-state index is 0.207. The van der Waals surface area contributed by atoms with Gasteiger partial charge in [0.05, 0.1) is 0 Å². The van der Waals surface area contributed by atoms with Gasteiger partial charge >= 0.3 is 0 Å². The van der Waals surface area contributed by atoms with Crippen molar-refractivity contribution in [3.05, 3.63) is 12.2 Å². The highest BCUT2D eigenvalue weighted by atomic mass is 15.1. The molecule has 0 aromatic heterocycles. The largest absolute Gasteiger partial charge is 0.303 e. The molecule has 0 fully saturated rings. The smallest absolute Gasteiger partial charge is 0.163 e. The Labute approximate surface area is 102 Å². The zero-order valence-electron chi connectivity index (χ0n) is 12.0. The van der Waals surface area contributed by atoms with Crippen LogP contribution in [0.4, 0.5) is 0 Å². The van der Waals surface area contributed by atoms with Gasteiger partial charge in [0.15, 0.2) is 11.8 Å². The average Bonchev–Trinajstić information content (AvgIpc) is 2.19. The predicted octanol–water partition coefficient (Wildman–Crippen LogP) is 2.79. The Balaban J connectivity index is 3.93. The second-order valence-corrected chi connectivity index (χ2v) is 5.47. The van der Waals surface area contributed by atoms with Crippen LogP contribution in [0.15, 0.2) is 12.2 Å². The van der Waals surface area contributed by atoms with Crippen molar-refractivity contribution >= 4 is 6.21 Å². The molecule has 94 valence electrons. The van der Waals surface area contributed by atoms with Gasteiger partial charge in [-0.2, -0.15) is 0 Å². The van der Waals surface area contributed by atoms with Gasteiger partial charge < -0.3 is 4.90 Å². The highest BCUT2D eigenvalue weighted by molar-refractivity contribution is 5.66. The first-order chi connectivity index (χ1) is 7.38. The molecule has 0 aromatic carbocycles. The molecule has 0 bridgehead atoms. The number of hydrogen-bond donors (Lipinski definition) is 0. The van der Waals surface area contributed by atoms with Crippen molar-refractivity contribution < 1.29 is 4.58 Å². The Morgan fingerprint density at radius 1 is 1.25 bits per heavy atom. The molecule has 16 heavy (non-hydrogen) atoms. The fourth-order valence-corrected chi connectivity index (χ4v) is 1.17. The van der Waals surface area contributed by atoms with Gasteiger partial charge in [0, 0.05) is 6.54 Å². The molecule has 0 rings (SSSR count). The van der Waals surface area contributed by atoms with Crippen LogP contribution in [0.25, 0.3) is 0 Å². The van der Waals surface area contributed by atoms with Crippen LogP contribution in [0.5, 0.6) is 0 Å². The third kappa shape index (κ3) is 7.63. The van der Waals surface area contributed by atoms with Gasteiger partial charge in [-0.05, 0) is 46.9 Å². The molecule has 0 amide bonds. The summed E-state index contributed by atoms with van der Waals surface area (Å²) in [5.41, 5.74) is 0.207. The first kappa shape index (κ1) is 15.4. The van der Waals surface area contributed by atoms with E-state index in [1.54, 1.807) is 0 Å². The van der Waals surface area contributed by atoms with Crippen molar-refractivity contribution in [3.63, 3.8) is 0 Å². The maximum atomic E-state index is 2.35. The Kier molecular flexibility index (Phi) is 7.31.